The Labute approximate surface area is 85.9 Å². The summed E-state index contributed by atoms with van der Waals surface area (Å²) in [5.74, 6) is -0.00125. The molecule has 0 bridgehead atoms. The van der Waals surface area contributed by atoms with Gasteiger partial charge in [0.1, 0.15) is 5.01 Å². The molecule has 1 aromatic heterocycles. The minimum absolute atomic E-state index is 0.00125. The number of aryl methyl sites for hydroxylation is 1. The summed E-state index contributed by atoms with van der Waals surface area (Å²) in [7, 11) is 0. The molecule has 0 aromatic carbocycles. The average molecular weight is 212 g/mol. The SMILES string of the molecule is Cc1nnc(NC(=O)[C@@H]2CCCN2)s1. The smallest absolute Gasteiger partial charge is 0.243 e. The van der Waals surface area contributed by atoms with E-state index in [0.717, 1.165) is 24.4 Å². The maximum Gasteiger partial charge on any atom is 0.243 e. The molecular weight excluding hydrogens is 200 g/mol. The number of anilines is 1. The molecule has 1 amide bonds. The highest BCUT2D eigenvalue weighted by atomic mass is 32.1. The Morgan fingerprint density at radius 1 is 1.64 bits per heavy atom. The van der Waals surface area contributed by atoms with E-state index in [1.165, 1.54) is 11.3 Å². The molecule has 1 saturated heterocycles. The first-order chi connectivity index (χ1) is 6.75. The van der Waals surface area contributed by atoms with Crippen molar-refractivity contribution in [2.45, 2.75) is 25.8 Å². The summed E-state index contributed by atoms with van der Waals surface area (Å²) in [5, 5.41) is 15.0. The molecule has 2 N–H and O–H groups in total. The van der Waals surface area contributed by atoms with Crippen LogP contribution in [-0.4, -0.2) is 28.7 Å². The fraction of sp³-hybridized carbons (Fsp3) is 0.625. The van der Waals surface area contributed by atoms with Crippen LogP contribution in [0.2, 0.25) is 0 Å². The van der Waals surface area contributed by atoms with Crippen molar-refractivity contribution >= 4 is 22.4 Å². The van der Waals surface area contributed by atoms with Gasteiger partial charge >= 0.3 is 0 Å². The van der Waals surface area contributed by atoms with Gasteiger partial charge in [0.05, 0.1) is 6.04 Å². The van der Waals surface area contributed by atoms with Gasteiger partial charge < -0.3 is 5.32 Å². The second kappa shape index (κ2) is 4.02. The largest absolute Gasteiger partial charge is 0.306 e. The molecule has 1 fully saturated rings. The number of carbonyl (C=O) groups excluding carboxylic acids is 1. The molecule has 1 aliphatic heterocycles. The van der Waals surface area contributed by atoms with Gasteiger partial charge in [0.25, 0.3) is 0 Å². The number of aromatic nitrogens is 2. The highest BCUT2D eigenvalue weighted by Crippen LogP contribution is 2.15. The first-order valence-corrected chi connectivity index (χ1v) is 5.42. The number of hydrogen-bond acceptors (Lipinski definition) is 5. The van der Waals surface area contributed by atoms with Crippen molar-refractivity contribution in [3.8, 4) is 0 Å². The van der Waals surface area contributed by atoms with Crippen molar-refractivity contribution in [2.24, 2.45) is 0 Å². The molecule has 1 aromatic rings. The summed E-state index contributed by atoms with van der Waals surface area (Å²) in [6, 6.07) is -0.0563. The quantitative estimate of drug-likeness (QED) is 0.750. The van der Waals surface area contributed by atoms with E-state index in [9.17, 15) is 4.79 Å². The van der Waals surface area contributed by atoms with Crippen molar-refractivity contribution in [2.75, 3.05) is 11.9 Å². The Bertz CT molecular complexity index is 332. The third kappa shape index (κ3) is 2.08. The van der Waals surface area contributed by atoms with E-state index in [-0.39, 0.29) is 11.9 Å². The fourth-order valence-electron chi connectivity index (χ4n) is 1.45. The second-order valence-electron chi connectivity index (χ2n) is 3.26. The molecule has 1 aliphatic rings. The monoisotopic (exact) mass is 212 g/mol. The minimum atomic E-state index is -0.0563. The molecule has 2 heterocycles. The fourth-order valence-corrected chi connectivity index (χ4v) is 2.04. The van der Waals surface area contributed by atoms with Crippen LogP contribution in [0.3, 0.4) is 0 Å². The average Bonchev–Trinajstić information content (AvgIpc) is 2.75. The lowest BCUT2D eigenvalue weighted by Crippen LogP contribution is -2.35. The standard InChI is InChI=1S/C8H12N4OS/c1-5-11-12-8(14-5)10-7(13)6-3-2-4-9-6/h6,9H,2-4H2,1H3,(H,10,12,13)/t6-/m0/s1. The summed E-state index contributed by atoms with van der Waals surface area (Å²) < 4.78 is 0. The first-order valence-electron chi connectivity index (χ1n) is 4.60. The van der Waals surface area contributed by atoms with Crippen LogP contribution in [0, 0.1) is 6.92 Å². The normalized spacial score (nSPS) is 21.1. The number of nitrogens with zero attached hydrogens (tertiary/aromatic N) is 2. The van der Waals surface area contributed by atoms with Crippen LogP contribution < -0.4 is 10.6 Å². The Kier molecular flexibility index (Phi) is 2.74. The van der Waals surface area contributed by atoms with Crippen molar-refractivity contribution in [1.29, 1.82) is 0 Å². The molecule has 14 heavy (non-hydrogen) atoms. The molecule has 2 rings (SSSR count). The van der Waals surface area contributed by atoms with E-state index >= 15 is 0 Å². The van der Waals surface area contributed by atoms with Gasteiger partial charge in [-0.25, -0.2) is 0 Å². The zero-order valence-corrected chi connectivity index (χ0v) is 8.73. The third-order valence-electron chi connectivity index (χ3n) is 2.13. The Balaban J connectivity index is 1.93. The highest BCUT2D eigenvalue weighted by Gasteiger charge is 2.22. The maximum absolute atomic E-state index is 11.6. The van der Waals surface area contributed by atoms with E-state index < -0.39 is 0 Å². The molecule has 0 aliphatic carbocycles. The molecule has 0 radical (unpaired) electrons. The summed E-state index contributed by atoms with van der Waals surface area (Å²) in [6.45, 7) is 2.79. The predicted molar refractivity (Wildman–Crippen MR) is 54.3 cm³/mol. The molecule has 5 nitrogen and oxygen atoms in total. The van der Waals surface area contributed by atoms with E-state index in [0.29, 0.717) is 5.13 Å². The van der Waals surface area contributed by atoms with Crippen molar-refractivity contribution in [1.82, 2.24) is 15.5 Å². The van der Waals surface area contributed by atoms with Gasteiger partial charge in [-0.2, -0.15) is 0 Å². The summed E-state index contributed by atoms with van der Waals surface area (Å²) >= 11 is 1.39. The van der Waals surface area contributed by atoms with Gasteiger partial charge in [0, 0.05) is 0 Å². The van der Waals surface area contributed by atoms with E-state index in [1.807, 2.05) is 6.92 Å². The maximum atomic E-state index is 11.6. The van der Waals surface area contributed by atoms with Crippen LogP contribution in [0.15, 0.2) is 0 Å². The topological polar surface area (TPSA) is 66.9 Å². The Morgan fingerprint density at radius 2 is 2.50 bits per heavy atom. The van der Waals surface area contributed by atoms with Gasteiger partial charge in [-0.15, -0.1) is 10.2 Å². The van der Waals surface area contributed by atoms with Crippen LogP contribution in [0.25, 0.3) is 0 Å². The number of hydrogen-bond donors (Lipinski definition) is 2. The molecule has 1 atom stereocenters. The van der Waals surface area contributed by atoms with Crippen LogP contribution in [0.5, 0.6) is 0 Å². The predicted octanol–water partition coefficient (Wildman–Crippen LogP) is 0.537. The van der Waals surface area contributed by atoms with Crippen LogP contribution in [0.1, 0.15) is 17.8 Å². The molecule has 76 valence electrons. The third-order valence-corrected chi connectivity index (χ3v) is 2.89. The van der Waals surface area contributed by atoms with Crippen LogP contribution >= 0.6 is 11.3 Å². The number of nitrogens with one attached hydrogen (secondary N) is 2. The van der Waals surface area contributed by atoms with Crippen LogP contribution in [0.4, 0.5) is 5.13 Å². The molecule has 6 heteroatoms. The van der Waals surface area contributed by atoms with Crippen molar-refractivity contribution in [3.05, 3.63) is 5.01 Å². The van der Waals surface area contributed by atoms with Crippen molar-refractivity contribution < 1.29 is 4.79 Å². The van der Waals surface area contributed by atoms with Gasteiger partial charge in [-0.1, -0.05) is 11.3 Å². The van der Waals surface area contributed by atoms with E-state index in [2.05, 4.69) is 20.8 Å². The van der Waals surface area contributed by atoms with Gasteiger partial charge in [0.15, 0.2) is 0 Å². The Hall–Kier alpha value is -1.01. The summed E-state index contributed by atoms with van der Waals surface area (Å²) in [5.41, 5.74) is 0. The molecular formula is C8H12N4OS. The Morgan fingerprint density at radius 3 is 3.07 bits per heavy atom. The second-order valence-corrected chi connectivity index (χ2v) is 4.45. The summed E-state index contributed by atoms with van der Waals surface area (Å²) in [6.07, 6.45) is 1.97. The van der Waals surface area contributed by atoms with Crippen molar-refractivity contribution in [3.63, 3.8) is 0 Å². The first kappa shape index (κ1) is 9.54. The lowest BCUT2D eigenvalue weighted by Gasteiger charge is -2.07. The van der Waals surface area contributed by atoms with Gasteiger partial charge in [0.2, 0.25) is 11.0 Å². The lowest BCUT2D eigenvalue weighted by molar-refractivity contribution is -0.117. The van der Waals surface area contributed by atoms with E-state index in [1.54, 1.807) is 0 Å². The number of carbonyl (C=O) groups is 1. The molecule has 0 unspecified atom stereocenters. The minimum Gasteiger partial charge on any atom is -0.306 e. The van der Waals surface area contributed by atoms with E-state index in [4.69, 9.17) is 0 Å². The van der Waals surface area contributed by atoms with Gasteiger partial charge in [-0.3, -0.25) is 10.1 Å². The summed E-state index contributed by atoms with van der Waals surface area (Å²) in [4.78, 5) is 11.6. The highest BCUT2D eigenvalue weighted by molar-refractivity contribution is 7.15. The van der Waals surface area contributed by atoms with Crippen LogP contribution in [-0.2, 0) is 4.79 Å². The zero-order valence-electron chi connectivity index (χ0n) is 7.91. The molecule has 0 spiro atoms. The lowest BCUT2D eigenvalue weighted by atomic mass is 10.2. The number of amides is 1. The number of rotatable bonds is 2. The molecule has 0 saturated carbocycles. The van der Waals surface area contributed by atoms with Gasteiger partial charge in [-0.05, 0) is 26.3 Å². The zero-order chi connectivity index (χ0) is 9.97.